The predicted octanol–water partition coefficient (Wildman–Crippen LogP) is 2.43. The average molecular weight is 403 g/mol. The second-order valence-corrected chi connectivity index (χ2v) is 7.70. The molecule has 0 aliphatic carbocycles. The van der Waals surface area contributed by atoms with Gasteiger partial charge in [-0.25, -0.2) is 4.79 Å². The summed E-state index contributed by atoms with van der Waals surface area (Å²) in [7, 11) is 5.40. The second-order valence-electron chi connectivity index (χ2n) is 7.70. The van der Waals surface area contributed by atoms with Gasteiger partial charge in [0.25, 0.3) is 5.56 Å². The summed E-state index contributed by atoms with van der Waals surface area (Å²) in [5, 5.41) is 0. The molecule has 4 aromatic rings. The standard InChI is InChI=1S/C23H25N5O2/c1-16-10-12-18(13-11-16)15-28-21(29)19-20(27(4)23(28)30)24-22(26(19)3)25(2)14-17-8-6-5-7-9-17/h5-13H,14-15H2,1-4H3. The Balaban J connectivity index is 1.80. The maximum Gasteiger partial charge on any atom is 0.332 e. The lowest BCUT2D eigenvalue weighted by Crippen LogP contribution is -2.39. The molecule has 0 N–H and O–H groups in total. The van der Waals surface area contributed by atoms with Gasteiger partial charge >= 0.3 is 5.69 Å². The number of hydrogen-bond acceptors (Lipinski definition) is 4. The number of nitrogens with zero attached hydrogens (tertiary/aromatic N) is 5. The van der Waals surface area contributed by atoms with Gasteiger partial charge in [-0.2, -0.15) is 4.98 Å². The Bertz CT molecular complexity index is 1310. The van der Waals surface area contributed by atoms with E-state index < -0.39 is 0 Å². The van der Waals surface area contributed by atoms with Crippen molar-refractivity contribution in [3.05, 3.63) is 92.1 Å². The summed E-state index contributed by atoms with van der Waals surface area (Å²) in [6, 6.07) is 17.9. The highest BCUT2D eigenvalue weighted by Crippen LogP contribution is 2.18. The highest BCUT2D eigenvalue weighted by Gasteiger charge is 2.20. The largest absolute Gasteiger partial charge is 0.341 e. The Hall–Kier alpha value is -3.61. The molecule has 0 spiro atoms. The molecule has 4 rings (SSSR count). The normalized spacial score (nSPS) is 11.2. The highest BCUT2D eigenvalue weighted by molar-refractivity contribution is 5.74. The van der Waals surface area contributed by atoms with E-state index in [0.29, 0.717) is 23.7 Å². The third kappa shape index (κ3) is 3.43. The van der Waals surface area contributed by atoms with Crippen LogP contribution in [0, 0.1) is 6.92 Å². The van der Waals surface area contributed by atoms with Gasteiger partial charge in [-0.05, 0) is 18.1 Å². The molecule has 0 aliphatic rings. The molecule has 0 saturated carbocycles. The number of hydrogen-bond donors (Lipinski definition) is 0. The van der Waals surface area contributed by atoms with Gasteiger partial charge in [0, 0.05) is 27.7 Å². The lowest BCUT2D eigenvalue weighted by Gasteiger charge is -2.18. The Morgan fingerprint density at radius 3 is 2.23 bits per heavy atom. The van der Waals surface area contributed by atoms with Crippen LogP contribution in [-0.4, -0.2) is 25.7 Å². The zero-order valence-corrected chi connectivity index (χ0v) is 17.7. The summed E-state index contributed by atoms with van der Waals surface area (Å²) in [5.74, 6) is 0.633. The fraction of sp³-hybridized carbons (Fsp3) is 0.261. The third-order valence-corrected chi connectivity index (χ3v) is 5.40. The van der Waals surface area contributed by atoms with E-state index in [1.807, 2.05) is 80.5 Å². The minimum Gasteiger partial charge on any atom is -0.341 e. The van der Waals surface area contributed by atoms with Gasteiger partial charge in [0.1, 0.15) is 0 Å². The number of rotatable bonds is 5. The summed E-state index contributed by atoms with van der Waals surface area (Å²) in [5.41, 5.74) is 3.28. The van der Waals surface area contributed by atoms with E-state index >= 15 is 0 Å². The average Bonchev–Trinajstić information content (AvgIpc) is 3.09. The Labute approximate surface area is 174 Å². The van der Waals surface area contributed by atoms with Gasteiger partial charge in [0.2, 0.25) is 5.95 Å². The SMILES string of the molecule is Cc1ccc(Cn2c(=O)c3c(nc(N(C)Cc4ccccc4)n3C)n(C)c2=O)cc1. The van der Waals surface area contributed by atoms with Crippen molar-refractivity contribution in [2.75, 3.05) is 11.9 Å². The van der Waals surface area contributed by atoms with Crippen molar-refractivity contribution in [3.63, 3.8) is 0 Å². The highest BCUT2D eigenvalue weighted by atomic mass is 16.2. The predicted molar refractivity (Wildman–Crippen MR) is 119 cm³/mol. The molecule has 0 amide bonds. The molecule has 7 heteroatoms. The van der Waals surface area contributed by atoms with E-state index in [1.54, 1.807) is 11.6 Å². The third-order valence-electron chi connectivity index (χ3n) is 5.40. The monoisotopic (exact) mass is 403 g/mol. The molecule has 0 aliphatic heterocycles. The smallest absolute Gasteiger partial charge is 0.332 e. The summed E-state index contributed by atoms with van der Waals surface area (Å²) < 4.78 is 4.49. The maximum atomic E-state index is 13.3. The van der Waals surface area contributed by atoms with Gasteiger partial charge in [0.15, 0.2) is 11.2 Å². The van der Waals surface area contributed by atoms with E-state index in [4.69, 9.17) is 0 Å². The van der Waals surface area contributed by atoms with E-state index in [0.717, 1.165) is 16.7 Å². The number of aryl methyl sites for hydroxylation is 3. The van der Waals surface area contributed by atoms with Crippen LogP contribution in [0.3, 0.4) is 0 Å². The van der Waals surface area contributed by atoms with Crippen molar-refractivity contribution in [1.82, 2.24) is 18.7 Å². The number of fused-ring (bicyclic) bond motifs is 1. The van der Waals surface area contributed by atoms with Gasteiger partial charge in [0.05, 0.1) is 6.54 Å². The van der Waals surface area contributed by atoms with Crippen molar-refractivity contribution < 1.29 is 0 Å². The molecular weight excluding hydrogens is 378 g/mol. The molecule has 2 aromatic carbocycles. The van der Waals surface area contributed by atoms with E-state index in [-0.39, 0.29) is 17.8 Å². The fourth-order valence-corrected chi connectivity index (χ4v) is 3.72. The zero-order valence-electron chi connectivity index (χ0n) is 17.7. The molecule has 0 unspecified atom stereocenters. The minimum atomic E-state index is -0.372. The topological polar surface area (TPSA) is 65.1 Å². The number of anilines is 1. The molecule has 2 aromatic heterocycles. The molecule has 0 saturated heterocycles. The number of benzene rings is 2. The number of imidazole rings is 1. The molecule has 7 nitrogen and oxygen atoms in total. The first-order valence-electron chi connectivity index (χ1n) is 9.83. The molecular formula is C23H25N5O2. The van der Waals surface area contributed by atoms with Crippen LogP contribution in [0.1, 0.15) is 16.7 Å². The van der Waals surface area contributed by atoms with E-state index in [1.165, 1.54) is 9.13 Å². The zero-order chi connectivity index (χ0) is 21.4. The quantitative estimate of drug-likeness (QED) is 0.513. The lowest BCUT2D eigenvalue weighted by molar-refractivity contribution is 0.655. The van der Waals surface area contributed by atoms with Crippen molar-refractivity contribution in [2.45, 2.75) is 20.0 Å². The lowest BCUT2D eigenvalue weighted by atomic mass is 10.1. The van der Waals surface area contributed by atoms with Crippen LogP contribution in [0.5, 0.6) is 0 Å². The van der Waals surface area contributed by atoms with Crippen molar-refractivity contribution in [2.24, 2.45) is 14.1 Å². The minimum absolute atomic E-state index is 0.224. The van der Waals surface area contributed by atoms with Crippen molar-refractivity contribution >= 4 is 17.1 Å². The van der Waals surface area contributed by atoms with Gasteiger partial charge in [-0.15, -0.1) is 0 Å². The molecule has 0 radical (unpaired) electrons. The van der Waals surface area contributed by atoms with Gasteiger partial charge in [-0.3, -0.25) is 13.9 Å². The van der Waals surface area contributed by atoms with Crippen LogP contribution in [0.2, 0.25) is 0 Å². The summed E-state index contributed by atoms with van der Waals surface area (Å²) in [6.45, 7) is 2.87. The molecule has 2 heterocycles. The van der Waals surface area contributed by atoms with E-state index in [2.05, 4.69) is 4.98 Å². The first-order chi connectivity index (χ1) is 14.4. The second kappa shape index (κ2) is 7.67. The van der Waals surface area contributed by atoms with Crippen LogP contribution < -0.4 is 16.1 Å². The van der Waals surface area contributed by atoms with E-state index in [9.17, 15) is 9.59 Å². The maximum absolute atomic E-state index is 13.3. The summed E-state index contributed by atoms with van der Waals surface area (Å²) in [6.07, 6.45) is 0. The van der Waals surface area contributed by atoms with Crippen LogP contribution in [-0.2, 0) is 27.2 Å². The fourth-order valence-electron chi connectivity index (χ4n) is 3.72. The first kappa shape index (κ1) is 19.7. The summed E-state index contributed by atoms with van der Waals surface area (Å²) >= 11 is 0. The van der Waals surface area contributed by atoms with Crippen LogP contribution in [0.15, 0.2) is 64.2 Å². The van der Waals surface area contributed by atoms with Crippen LogP contribution >= 0.6 is 0 Å². The molecule has 30 heavy (non-hydrogen) atoms. The number of aromatic nitrogens is 4. The van der Waals surface area contributed by atoms with Crippen molar-refractivity contribution in [1.29, 1.82) is 0 Å². The van der Waals surface area contributed by atoms with Crippen LogP contribution in [0.4, 0.5) is 5.95 Å². The molecule has 0 bridgehead atoms. The van der Waals surface area contributed by atoms with Crippen LogP contribution in [0.25, 0.3) is 11.2 Å². The van der Waals surface area contributed by atoms with Crippen molar-refractivity contribution in [3.8, 4) is 0 Å². The Morgan fingerprint density at radius 1 is 0.900 bits per heavy atom. The molecule has 0 fully saturated rings. The molecule has 154 valence electrons. The Kier molecular flexibility index (Phi) is 5.03. The first-order valence-corrected chi connectivity index (χ1v) is 9.83. The van der Waals surface area contributed by atoms with Gasteiger partial charge in [-0.1, -0.05) is 60.2 Å². The Morgan fingerprint density at radius 2 is 1.57 bits per heavy atom. The molecule has 0 atom stereocenters. The van der Waals surface area contributed by atoms with Gasteiger partial charge < -0.3 is 9.47 Å². The summed E-state index contributed by atoms with van der Waals surface area (Å²) in [4.78, 5) is 32.8.